The van der Waals surface area contributed by atoms with Crippen LogP contribution in [0.5, 0.6) is 0 Å². The molecule has 0 aliphatic rings. The fourth-order valence-electron chi connectivity index (χ4n) is 1.73. The lowest BCUT2D eigenvalue weighted by Crippen LogP contribution is -2.50. The van der Waals surface area contributed by atoms with Crippen molar-refractivity contribution in [3.05, 3.63) is 36.2 Å². The predicted molar refractivity (Wildman–Crippen MR) is 70.4 cm³/mol. The van der Waals surface area contributed by atoms with E-state index in [1.54, 1.807) is 10.7 Å². The molecule has 0 saturated carbocycles. The first-order valence-electron chi connectivity index (χ1n) is 6.04. The molecule has 0 bridgehead atoms. The van der Waals surface area contributed by atoms with E-state index in [0.717, 1.165) is 11.9 Å². The maximum atomic E-state index is 12.2. The predicted octanol–water partition coefficient (Wildman–Crippen LogP) is 1.19. The number of aromatic nitrogens is 2. The van der Waals surface area contributed by atoms with Crippen LogP contribution < -0.4 is 11.1 Å². The highest BCUT2D eigenvalue weighted by Gasteiger charge is 2.24. The normalized spacial score (nSPS) is 14.4. The fourth-order valence-corrected chi connectivity index (χ4v) is 1.73. The summed E-state index contributed by atoms with van der Waals surface area (Å²) in [6, 6.07) is 5.63. The van der Waals surface area contributed by atoms with Crippen molar-refractivity contribution in [1.82, 2.24) is 14.9 Å². The minimum absolute atomic E-state index is 0.133. The topological polar surface area (TPSA) is 72.4 Å². The largest absolute Gasteiger partial charge is 0.346 e. The maximum absolute atomic E-state index is 12.2. The van der Waals surface area contributed by atoms with Gasteiger partial charge in [0.1, 0.15) is 0 Å². The van der Waals surface area contributed by atoms with Gasteiger partial charge in [0.2, 0.25) is 0 Å². The number of hydrogen-bond donors (Lipinski definition) is 2. The molecule has 0 saturated heterocycles. The Kier molecular flexibility index (Phi) is 3.34. The SMILES string of the molecule is CCC(C)(CN)NC(=O)c1cnn2ccccc12. The van der Waals surface area contributed by atoms with E-state index in [2.05, 4.69) is 10.4 Å². The van der Waals surface area contributed by atoms with E-state index >= 15 is 0 Å². The number of nitrogens with zero attached hydrogens (tertiary/aromatic N) is 2. The first-order chi connectivity index (χ1) is 8.59. The minimum atomic E-state index is -0.375. The van der Waals surface area contributed by atoms with E-state index < -0.39 is 0 Å². The van der Waals surface area contributed by atoms with Crippen molar-refractivity contribution < 1.29 is 4.79 Å². The van der Waals surface area contributed by atoms with Crippen molar-refractivity contribution in [2.75, 3.05) is 6.54 Å². The highest BCUT2D eigenvalue weighted by molar-refractivity contribution is 6.00. The molecule has 0 aromatic carbocycles. The zero-order valence-corrected chi connectivity index (χ0v) is 10.7. The third kappa shape index (κ3) is 2.22. The molecule has 0 radical (unpaired) electrons. The van der Waals surface area contributed by atoms with E-state index in [1.165, 1.54) is 0 Å². The summed E-state index contributed by atoms with van der Waals surface area (Å²) in [5.74, 6) is -0.133. The zero-order chi connectivity index (χ0) is 13.2. The van der Waals surface area contributed by atoms with Crippen molar-refractivity contribution in [2.45, 2.75) is 25.8 Å². The van der Waals surface area contributed by atoms with Gasteiger partial charge < -0.3 is 11.1 Å². The van der Waals surface area contributed by atoms with E-state index in [1.807, 2.05) is 38.2 Å². The van der Waals surface area contributed by atoms with Crippen LogP contribution in [-0.4, -0.2) is 27.6 Å². The Bertz CT molecular complexity index is 557. The van der Waals surface area contributed by atoms with Gasteiger partial charge in [0.05, 0.1) is 17.3 Å². The van der Waals surface area contributed by atoms with Gasteiger partial charge in [0.25, 0.3) is 5.91 Å². The molecular weight excluding hydrogens is 228 g/mol. The van der Waals surface area contributed by atoms with Gasteiger partial charge in [0, 0.05) is 18.3 Å². The second-order valence-corrected chi connectivity index (χ2v) is 4.66. The van der Waals surface area contributed by atoms with E-state index in [0.29, 0.717) is 12.1 Å². The van der Waals surface area contributed by atoms with Gasteiger partial charge in [-0.1, -0.05) is 13.0 Å². The smallest absolute Gasteiger partial charge is 0.255 e. The Morgan fingerprint density at radius 3 is 3.00 bits per heavy atom. The van der Waals surface area contributed by atoms with Crippen LogP contribution in [0.25, 0.3) is 5.52 Å². The molecule has 2 heterocycles. The minimum Gasteiger partial charge on any atom is -0.346 e. The molecule has 1 amide bonds. The lowest BCUT2D eigenvalue weighted by Gasteiger charge is -2.27. The third-order valence-corrected chi connectivity index (χ3v) is 3.32. The number of amides is 1. The van der Waals surface area contributed by atoms with Crippen molar-refractivity contribution in [2.24, 2.45) is 5.73 Å². The van der Waals surface area contributed by atoms with E-state index in [-0.39, 0.29) is 11.4 Å². The quantitative estimate of drug-likeness (QED) is 0.851. The molecule has 18 heavy (non-hydrogen) atoms. The van der Waals surface area contributed by atoms with Crippen molar-refractivity contribution in [1.29, 1.82) is 0 Å². The van der Waals surface area contributed by atoms with Crippen molar-refractivity contribution in [3.63, 3.8) is 0 Å². The van der Waals surface area contributed by atoms with Gasteiger partial charge >= 0.3 is 0 Å². The van der Waals surface area contributed by atoms with Gasteiger partial charge in [-0.25, -0.2) is 4.52 Å². The first kappa shape index (κ1) is 12.6. The average Bonchev–Trinajstić information content (AvgIpc) is 2.82. The molecule has 2 aromatic rings. The zero-order valence-electron chi connectivity index (χ0n) is 10.7. The summed E-state index contributed by atoms with van der Waals surface area (Å²) in [7, 11) is 0. The van der Waals surface area contributed by atoms with Crippen LogP contribution in [0.15, 0.2) is 30.6 Å². The second-order valence-electron chi connectivity index (χ2n) is 4.66. The van der Waals surface area contributed by atoms with Crippen LogP contribution in [0.1, 0.15) is 30.6 Å². The molecule has 0 spiro atoms. The van der Waals surface area contributed by atoms with Crippen molar-refractivity contribution in [3.8, 4) is 0 Å². The summed E-state index contributed by atoms with van der Waals surface area (Å²) < 4.78 is 1.68. The molecule has 1 atom stereocenters. The van der Waals surface area contributed by atoms with Crippen LogP contribution in [0.3, 0.4) is 0 Å². The fraction of sp³-hybridized carbons (Fsp3) is 0.385. The monoisotopic (exact) mass is 246 g/mol. The summed E-state index contributed by atoms with van der Waals surface area (Å²) in [5.41, 5.74) is 6.69. The summed E-state index contributed by atoms with van der Waals surface area (Å²) >= 11 is 0. The Morgan fingerprint density at radius 1 is 1.56 bits per heavy atom. The number of rotatable bonds is 4. The molecule has 2 aromatic heterocycles. The number of nitrogens with two attached hydrogens (primary N) is 1. The van der Waals surface area contributed by atoms with Crippen LogP contribution in [0.2, 0.25) is 0 Å². The number of pyridine rings is 1. The summed E-state index contributed by atoms with van der Waals surface area (Å²) in [6.07, 6.45) is 4.18. The number of carbonyl (C=O) groups excluding carboxylic acids is 1. The summed E-state index contributed by atoms with van der Waals surface area (Å²) in [4.78, 5) is 12.2. The molecule has 5 heteroatoms. The van der Waals surface area contributed by atoms with Crippen LogP contribution in [-0.2, 0) is 0 Å². The molecule has 2 rings (SSSR count). The van der Waals surface area contributed by atoms with Gasteiger partial charge in [-0.15, -0.1) is 0 Å². The molecule has 0 aliphatic heterocycles. The summed E-state index contributed by atoms with van der Waals surface area (Å²) in [6.45, 7) is 4.36. The molecule has 0 aliphatic carbocycles. The number of carbonyl (C=O) groups is 1. The molecule has 5 nitrogen and oxygen atoms in total. The summed E-state index contributed by atoms with van der Waals surface area (Å²) in [5, 5.41) is 7.12. The number of fused-ring (bicyclic) bond motifs is 1. The second kappa shape index (κ2) is 4.78. The molecular formula is C13H18N4O. The van der Waals surface area contributed by atoms with E-state index in [4.69, 9.17) is 5.73 Å². The van der Waals surface area contributed by atoms with Gasteiger partial charge in [-0.3, -0.25) is 4.79 Å². The third-order valence-electron chi connectivity index (χ3n) is 3.32. The Hall–Kier alpha value is -1.88. The van der Waals surface area contributed by atoms with E-state index in [9.17, 15) is 4.79 Å². The van der Waals surface area contributed by atoms with Gasteiger partial charge in [0.15, 0.2) is 0 Å². The number of hydrogen-bond acceptors (Lipinski definition) is 3. The van der Waals surface area contributed by atoms with Gasteiger partial charge in [-0.2, -0.15) is 5.10 Å². The molecule has 96 valence electrons. The highest BCUT2D eigenvalue weighted by Crippen LogP contribution is 2.13. The lowest BCUT2D eigenvalue weighted by molar-refractivity contribution is 0.0908. The first-order valence-corrected chi connectivity index (χ1v) is 6.04. The van der Waals surface area contributed by atoms with Crippen LogP contribution in [0.4, 0.5) is 0 Å². The Balaban J connectivity index is 2.29. The van der Waals surface area contributed by atoms with Crippen LogP contribution >= 0.6 is 0 Å². The Labute approximate surface area is 106 Å². The Morgan fingerprint density at radius 2 is 2.33 bits per heavy atom. The number of nitrogens with one attached hydrogen (secondary N) is 1. The van der Waals surface area contributed by atoms with Crippen LogP contribution in [0, 0.1) is 0 Å². The molecule has 0 fully saturated rings. The molecule has 1 unspecified atom stereocenters. The van der Waals surface area contributed by atoms with Gasteiger partial charge in [-0.05, 0) is 25.5 Å². The standard InChI is InChI=1S/C13H18N4O/c1-3-13(2,9-14)16-12(18)10-8-15-17-7-5-4-6-11(10)17/h4-8H,3,9,14H2,1-2H3,(H,16,18). The van der Waals surface area contributed by atoms with Crippen molar-refractivity contribution >= 4 is 11.4 Å². The lowest BCUT2D eigenvalue weighted by atomic mass is 9.99. The molecule has 3 N–H and O–H groups in total. The maximum Gasteiger partial charge on any atom is 0.255 e. The highest BCUT2D eigenvalue weighted by atomic mass is 16.1. The average molecular weight is 246 g/mol.